The van der Waals surface area contributed by atoms with E-state index >= 15 is 0 Å². The van der Waals surface area contributed by atoms with Gasteiger partial charge in [-0.2, -0.15) is 0 Å². The zero-order valence-corrected chi connectivity index (χ0v) is 16.4. The Balaban J connectivity index is 1.60. The van der Waals surface area contributed by atoms with Crippen molar-refractivity contribution in [1.82, 2.24) is 0 Å². The minimum atomic E-state index is 0.367. The molecule has 130 valence electrons. The Morgan fingerprint density at radius 2 is 1.40 bits per heavy atom. The summed E-state index contributed by atoms with van der Waals surface area (Å²) < 4.78 is 6.97. The molecule has 0 amide bonds. The van der Waals surface area contributed by atoms with Crippen LogP contribution in [-0.2, 0) is 5.41 Å². The number of benzene rings is 2. The second-order valence-corrected chi connectivity index (χ2v) is 9.54. The van der Waals surface area contributed by atoms with Gasteiger partial charge in [0.25, 0.3) is 0 Å². The quantitative estimate of drug-likeness (QED) is 0.568. The molecule has 4 fully saturated rings. The highest BCUT2D eigenvalue weighted by atomic mass is 79.9. The van der Waals surface area contributed by atoms with Crippen molar-refractivity contribution >= 4 is 15.9 Å². The molecule has 4 aliphatic rings. The van der Waals surface area contributed by atoms with Crippen LogP contribution in [0.1, 0.15) is 44.1 Å². The van der Waals surface area contributed by atoms with Crippen molar-refractivity contribution in [3.8, 4) is 16.9 Å². The molecule has 4 aliphatic carbocycles. The molecular formula is C23H25BrO. The van der Waals surface area contributed by atoms with Crippen molar-refractivity contribution in [2.75, 3.05) is 7.11 Å². The summed E-state index contributed by atoms with van der Waals surface area (Å²) in [7, 11) is 1.83. The number of methoxy groups -OCH3 is 1. The second-order valence-electron chi connectivity index (χ2n) is 8.62. The van der Waals surface area contributed by atoms with Gasteiger partial charge in [-0.25, -0.2) is 0 Å². The molecule has 4 saturated carbocycles. The van der Waals surface area contributed by atoms with Crippen LogP contribution in [0.25, 0.3) is 11.1 Å². The maximum Gasteiger partial charge on any atom is 0.122 e. The van der Waals surface area contributed by atoms with E-state index in [1.165, 1.54) is 55.2 Å². The van der Waals surface area contributed by atoms with Crippen molar-refractivity contribution in [2.45, 2.75) is 43.9 Å². The highest BCUT2D eigenvalue weighted by Crippen LogP contribution is 2.62. The van der Waals surface area contributed by atoms with Crippen LogP contribution in [0.3, 0.4) is 0 Å². The monoisotopic (exact) mass is 396 g/mol. The van der Waals surface area contributed by atoms with Crippen LogP contribution in [0.15, 0.2) is 46.9 Å². The normalized spacial score (nSPS) is 32.8. The van der Waals surface area contributed by atoms with Crippen molar-refractivity contribution in [3.63, 3.8) is 0 Å². The third-order valence-electron chi connectivity index (χ3n) is 6.99. The molecule has 1 nitrogen and oxygen atoms in total. The first-order valence-electron chi connectivity index (χ1n) is 9.60. The molecule has 0 atom stereocenters. The largest absolute Gasteiger partial charge is 0.496 e. The first-order chi connectivity index (χ1) is 12.1. The first-order valence-corrected chi connectivity index (χ1v) is 10.4. The van der Waals surface area contributed by atoms with E-state index < -0.39 is 0 Å². The average molecular weight is 397 g/mol. The zero-order valence-electron chi connectivity index (χ0n) is 14.8. The molecule has 0 aromatic heterocycles. The van der Waals surface area contributed by atoms with E-state index in [-0.39, 0.29) is 0 Å². The van der Waals surface area contributed by atoms with Gasteiger partial charge in [0.15, 0.2) is 0 Å². The summed E-state index contributed by atoms with van der Waals surface area (Å²) in [6.07, 6.45) is 8.56. The SMILES string of the molecule is COc1ccc(-c2ccc(Br)cc2)cc1C12CC3CC(CC(C3)C1)C2. The lowest BCUT2D eigenvalue weighted by Gasteiger charge is -2.57. The Morgan fingerprint density at radius 3 is 1.96 bits per heavy atom. The zero-order chi connectivity index (χ0) is 17.0. The molecule has 2 heteroatoms. The Bertz CT molecular complexity index is 757. The molecule has 4 bridgehead atoms. The van der Waals surface area contributed by atoms with E-state index in [1.54, 1.807) is 0 Å². The lowest BCUT2D eigenvalue weighted by molar-refractivity contribution is -0.00613. The summed E-state index contributed by atoms with van der Waals surface area (Å²) in [5.74, 6) is 3.95. The standard InChI is InChI=1S/C23H25BrO/c1-25-22-7-4-19(18-2-5-20(24)6-3-18)11-21(22)23-12-15-8-16(13-23)10-17(9-15)14-23/h2-7,11,15-17H,8-10,12-14H2,1H3. The molecule has 0 unspecified atom stereocenters. The summed E-state index contributed by atoms with van der Waals surface area (Å²) in [6.45, 7) is 0. The summed E-state index contributed by atoms with van der Waals surface area (Å²) in [5.41, 5.74) is 4.45. The summed E-state index contributed by atoms with van der Waals surface area (Å²) in [6, 6.07) is 15.5. The first kappa shape index (κ1) is 15.9. The molecule has 6 rings (SSSR count). The number of hydrogen-bond donors (Lipinski definition) is 0. The van der Waals surface area contributed by atoms with Gasteiger partial charge in [0.05, 0.1) is 7.11 Å². The smallest absolute Gasteiger partial charge is 0.122 e. The maximum atomic E-state index is 5.84. The van der Waals surface area contributed by atoms with Gasteiger partial charge in [0, 0.05) is 10.0 Å². The predicted molar refractivity (Wildman–Crippen MR) is 106 cm³/mol. The number of halogens is 1. The van der Waals surface area contributed by atoms with E-state index in [4.69, 9.17) is 4.74 Å². The Hall–Kier alpha value is -1.28. The fourth-order valence-corrected chi connectivity index (χ4v) is 6.65. The number of ether oxygens (including phenoxy) is 1. The van der Waals surface area contributed by atoms with Crippen molar-refractivity contribution in [1.29, 1.82) is 0 Å². The molecule has 0 aliphatic heterocycles. The Labute approximate surface area is 158 Å². The lowest BCUT2D eigenvalue weighted by atomic mass is 9.48. The van der Waals surface area contributed by atoms with E-state index in [0.29, 0.717) is 5.41 Å². The molecule has 25 heavy (non-hydrogen) atoms. The molecule has 0 N–H and O–H groups in total. The van der Waals surface area contributed by atoms with Crippen LogP contribution in [0.4, 0.5) is 0 Å². The molecule has 0 heterocycles. The van der Waals surface area contributed by atoms with E-state index in [2.05, 4.69) is 58.4 Å². The summed E-state index contributed by atoms with van der Waals surface area (Å²) in [5, 5.41) is 0. The van der Waals surface area contributed by atoms with Gasteiger partial charge in [-0.15, -0.1) is 0 Å². The topological polar surface area (TPSA) is 9.23 Å². The van der Waals surface area contributed by atoms with Crippen molar-refractivity contribution in [2.24, 2.45) is 17.8 Å². The highest BCUT2D eigenvalue weighted by molar-refractivity contribution is 9.10. The molecule has 0 radical (unpaired) electrons. The van der Waals surface area contributed by atoms with Crippen LogP contribution in [0, 0.1) is 17.8 Å². The minimum Gasteiger partial charge on any atom is -0.496 e. The van der Waals surface area contributed by atoms with Crippen molar-refractivity contribution in [3.05, 3.63) is 52.5 Å². The molecular weight excluding hydrogens is 372 g/mol. The molecule has 2 aromatic carbocycles. The average Bonchev–Trinajstić information content (AvgIpc) is 2.61. The van der Waals surface area contributed by atoms with Gasteiger partial charge in [-0.05, 0) is 97.1 Å². The molecule has 0 spiro atoms. The lowest BCUT2D eigenvalue weighted by Crippen LogP contribution is -2.48. The fourth-order valence-electron chi connectivity index (χ4n) is 6.38. The number of hydrogen-bond acceptors (Lipinski definition) is 1. The predicted octanol–water partition coefficient (Wildman–Crippen LogP) is 6.59. The van der Waals surface area contributed by atoms with Gasteiger partial charge >= 0.3 is 0 Å². The van der Waals surface area contributed by atoms with Crippen molar-refractivity contribution < 1.29 is 4.74 Å². The van der Waals surface area contributed by atoms with Gasteiger partial charge in [-0.1, -0.05) is 34.1 Å². The number of rotatable bonds is 3. The van der Waals surface area contributed by atoms with Crippen LogP contribution in [0.5, 0.6) is 5.75 Å². The molecule has 0 saturated heterocycles. The molecule has 2 aromatic rings. The Kier molecular flexibility index (Phi) is 3.74. The van der Waals surface area contributed by atoms with Gasteiger partial charge in [0.1, 0.15) is 5.75 Å². The third kappa shape index (κ3) is 2.65. The Morgan fingerprint density at radius 1 is 0.840 bits per heavy atom. The highest BCUT2D eigenvalue weighted by Gasteiger charge is 2.52. The van der Waals surface area contributed by atoms with E-state index in [9.17, 15) is 0 Å². The fraction of sp³-hybridized carbons (Fsp3) is 0.478. The minimum absolute atomic E-state index is 0.367. The van der Waals surface area contributed by atoms with Crippen LogP contribution in [0.2, 0.25) is 0 Å². The summed E-state index contributed by atoms with van der Waals surface area (Å²) in [4.78, 5) is 0. The van der Waals surface area contributed by atoms with E-state index in [0.717, 1.165) is 28.0 Å². The maximum absolute atomic E-state index is 5.84. The van der Waals surface area contributed by atoms with E-state index in [1.807, 2.05) is 7.11 Å². The summed E-state index contributed by atoms with van der Waals surface area (Å²) >= 11 is 3.54. The van der Waals surface area contributed by atoms with Gasteiger partial charge in [-0.3, -0.25) is 0 Å². The third-order valence-corrected chi connectivity index (χ3v) is 7.52. The van der Waals surface area contributed by atoms with Crippen LogP contribution in [-0.4, -0.2) is 7.11 Å². The van der Waals surface area contributed by atoms with Crippen LogP contribution >= 0.6 is 15.9 Å². The van der Waals surface area contributed by atoms with Gasteiger partial charge in [0.2, 0.25) is 0 Å². The van der Waals surface area contributed by atoms with Gasteiger partial charge < -0.3 is 4.74 Å². The second kappa shape index (κ2) is 5.87. The van der Waals surface area contributed by atoms with Crippen LogP contribution < -0.4 is 4.74 Å².